The van der Waals surface area contributed by atoms with Crippen LogP contribution in [-0.4, -0.2) is 92.7 Å². The molecule has 0 unspecified atom stereocenters. The highest BCUT2D eigenvalue weighted by molar-refractivity contribution is 7.89. The Morgan fingerprint density at radius 3 is 2.37 bits per heavy atom. The zero-order chi connectivity index (χ0) is 21.3. The summed E-state index contributed by atoms with van der Waals surface area (Å²) in [5.74, 6) is -0.0884. The number of rotatable bonds is 4. The predicted molar refractivity (Wildman–Crippen MR) is 111 cm³/mol. The van der Waals surface area contributed by atoms with Crippen molar-refractivity contribution in [1.29, 1.82) is 0 Å². The predicted octanol–water partition coefficient (Wildman–Crippen LogP) is 0.833. The Bertz CT molecular complexity index is 894. The SMILES string of the molecule is CC(=O)c1ccc(S(=O)(=O)N2CCC(C(=O)N3CCN4CCOC[C@H]4C3)CC2)cc1. The quantitative estimate of drug-likeness (QED) is 0.651. The van der Waals surface area contributed by atoms with Gasteiger partial charge in [0, 0.05) is 50.7 Å². The second-order valence-corrected chi connectivity index (χ2v) is 10.2. The van der Waals surface area contributed by atoms with Crippen molar-refractivity contribution in [1.82, 2.24) is 14.1 Å². The molecule has 1 aromatic carbocycles. The number of carbonyl (C=O) groups is 2. The van der Waals surface area contributed by atoms with Crippen LogP contribution >= 0.6 is 0 Å². The lowest BCUT2D eigenvalue weighted by Gasteiger charge is -2.45. The molecule has 0 aliphatic carbocycles. The van der Waals surface area contributed by atoms with Gasteiger partial charge in [-0.2, -0.15) is 4.31 Å². The molecule has 0 spiro atoms. The van der Waals surface area contributed by atoms with E-state index in [0.29, 0.717) is 44.6 Å². The fourth-order valence-electron chi connectivity index (χ4n) is 4.56. The summed E-state index contributed by atoms with van der Waals surface area (Å²) in [5.41, 5.74) is 0.488. The molecule has 1 aromatic rings. The Labute approximate surface area is 177 Å². The molecule has 0 bridgehead atoms. The molecular weight excluding hydrogens is 406 g/mol. The van der Waals surface area contributed by atoms with E-state index in [1.54, 1.807) is 12.1 Å². The highest BCUT2D eigenvalue weighted by Gasteiger charge is 2.37. The van der Waals surface area contributed by atoms with Crippen LogP contribution in [0.5, 0.6) is 0 Å². The number of piperazine rings is 1. The maximum Gasteiger partial charge on any atom is 0.243 e. The van der Waals surface area contributed by atoms with E-state index in [9.17, 15) is 18.0 Å². The Balaban J connectivity index is 1.35. The first-order chi connectivity index (χ1) is 14.4. The van der Waals surface area contributed by atoms with E-state index >= 15 is 0 Å². The third-order valence-electron chi connectivity index (χ3n) is 6.45. The standard InChI is InChI=1S/C21H29N3O5S/c1-16(25)17-2-4-20(5-3-17)30(27,28)24-8-6-18(7-9-24)21(26)23-11-10-22-12-13-29-15-19(22)14-23/h2-5,18-19H,6-15H2,1H3/t19-/m1/s1. The number of hydrogen-bond donors (Lipinski definition) is 0. The van der Waals surface area contributed by atoms with Crippen LogP contribution in [-0.2, 0) is 19.6 Å². The number of piperidine rings is 1. The van der Waals surface area contributed by atoms with E-state index in [1.165, 1.54) is 23.4 Å². The van der Waals surface area contributed by atoms with Crippen molar-refractivity contribution in [3.05, 3.63) is 29.8 Å². The largest absolute Gasteiger partial charge is 0.378 e. The van der Waals surface area contributed by atoms with Crippen molar-refractivity contribution < 1.29 is 22.7 Å². The number of benzene rings is 1. The number of ketones is 1. The molecule has 8 nitrogen and oxygen atoms in total. The second-order valence-electron chi connectivity index (χ2n) is 8.31. The van der Waals surface area contributed by atoms with E-state index in [0.717, 1.165) is 26.2 Å². The number of morpholine rings is 1. The van der Waals surface area contributed by atoms with Crippen molar-refractivity contribution in [2.24, 2.45) is 5.92 Å². The van der Waals surface area contributed by atoms with Gasteiger partial charge in [-0.15, -0.1) is 0 Å². The maximum atomic E-state index is 13.0. The fourth-order valence-corrected chi connectivity index (χ4v) is 6.03. The molecule has 9 heteroatoms. The van der Waals surface area contributed by atoms with Crippen molar-refractivity contribution in [2.45, 2.75) is 30.7 Å². The van der Waals surface area contributed by atoms with Gasteiger partial charge >= 0.3 is 0 Å². The second kappa shape index (κ2) is 8.74. The number of amides is 1. The molecular formula is C21H29N3O5S. The summed E-state index contributed by atoms with van der Waals surface area (Å²) >= 11 is 0. The lowest BCUT2D eigenvalue weighted by Crippen LogP contribution is -2.60. The minimum atomic E-state index is -3.62. The van der Waals surface area contributed by atoms with Crippen molar-refractivity contribution in [3.8, 4) is 0 Å². The van der Waals surface area contributed by atoms with Crippen molar-refractivity contribution >= 4 is 21.7 Å². The highest BCUT2D eigenvalue weighted by Crippen LogP contribution is 2.26. The smallest absolute Gasteiger partial charge is 0.243 e. The van der Waals surface area contributed by atoms with Gasteiger partial charge in [0.2, 0.25) is 15.9 Å². The molecule has 164 valence electrons. The molecule has 30 heavy (non-hydrogen) atoms. The molecule has 3 fully saturated rings. The maximum absolute atomic E-state index is 13.0. The van der Waals surface area contributed by atoms with Crippen LogP contribution in [0.2, 0.25) is 0 Å². The van der Waals surface area contributed by atoms with Crippen molar-refractivity contribution in [3.63, 3.8) is 0 Å². The minimum absolute atomic E-state index is 0.0982. The van der Waals surface area contributed by atoms with Crippen LogP contribution in [0.1, 0.15) is 30.1 Å². The average molecular weight is 436 g/mol. The fraction of sp³-hybridized carbons (Fsp3) is 0.619. The minimum Gasteiger partial charge on any atom is -0.378 e. The van der Waals surface area contributed by atoms with E-state index in [4.69, 9.17) is 4.74 Å². The van der Waals surface area contributed by atoms with E-state index < -0.39 is 10.0 Å². The Morgan fingerprint density at radius 1 is 1.00 bits per heavy atom. The molecule has 3 aliphatic heterocycles. The summed E-state index contributed by atoms with van der Waals surface area (Å²) in [7, 11) is -3.62. The third kappa shape index (κ3) is 4.30. The van der Waals surface area contributed by atoms with Gasteiger partial charge in [-0.3, -0.25) is 14.5 Å². The van der Waals surface area contributed by atoms with Crippen LogP contribution in [0.3, 0.4) is 0 Å². The number of Topliss-reactive ketones (excluding diaryl/α,β-unsaturated/α-hetero) is 1. The van der Waals surface area contributed by atoms with Gasteiger partial charge in [0.05, 0.1) is 24.2 Å². The Hall–Kier alpha value is -1.81. The molecule has 3 heterocycles. The zero-order valence-corrected chi connectivity index (χ0v) is 18.1. The average Bonchev–Trinajstić information content (AvgIpc) is 2.78. The number of hydrogen-bond acceptors (Lipinski definition) is 6. The van der Waals surface area contributed by atoms with Crippen LogP contribution in [0.4, 0.5) is 0 Å². The van der Waals surface area contributed by atoms with E-state index in [-0.39, 0.29) is 28.5 Å². The number of sulfonamides is 1. The first-order valence-electron chi connectivity index (χ1n) is 10.6. The van der Waals surface area contributed by atoms with Crippen LogP contribution < -0.4 is 0 Å². The molecule has 3 aliphatic rings. The molecule has 3 saturated heterocycles. The van der Waals surface area contributed by atoms with E-state index in [1.807, 2.05) is 4.90 Å². The van der Waals surface area contributed by atoms with Gasteiger partial charge < -0.3 is 9.64 Å². The van der Waals surface area contributed by atoms with Crippen LogP contribution in [0, 0.1) is 5.92 Å². The summed E-state index contributed by atoms with van der Waals surface area (Å²) in [4.78, 5) is 28.9. The molecule has 4 rings (SSSR count). The van der Waals surface area contributed by atoms with Crippen LogP contribution in [0.25, 0.3) is 0 Å². The third-order valence-corrected chi connectivity index (χ3v) is 8.36. The zero-order valence-electron chi connectivity index (χ0n) is 17.3. The summed E-state index contributed by atoms with van der Waals surface area (Å²) in [6, 6.07) is 6.32. The summed E-state index contributed by atoms with van der Waals surface area (Å²) in [6.07, 6.45) is 1.07. The number of carbonyl (C=O) groups excluding carboxylic acids is 2. The Kier molecular flexibility index (Phi) is 6.24. The summed E-state index contributed by atoms with van der Waals surface area (Å²) < 4.78 is 32.9. The van der Waals surface area contributed by atoms with Gasteiger partial charge in [-0.1, -0.05) is 12.1 Å². The summed E-state index contributed by atoms with van der Waals surface area (Å²) in [6.45, 7) is 6.78. The molecule has 0 saturated carbocycles. The van der Waals surface area contributed by atoms with Gasteiger partial charge in [-0.25, -0.2) is 8.42 Å². The molecule has 0 N–H and O–H groups in total. The number of nitrogens with zero attached hydrogens (tertiary/aromatic N) is 3. The molecule has 1 amide bonds. The van der Waals surface area contributed by atoms with Crippen molar-refractivity contribution in [2.75, 3.05) is 52.5 Å². The first kappa shape index (κ1) is 21.4. The highest BCUT2D eigenvalue weighted by atomic mass is 32.2. The first-order valence-corrected chi connectivity index (χ1v) is 12.0. The lowest BCUT2D eigenvalue weighted by molar-refractivity contribution is -0.142. The number of ether oxygens (including phenoxy) is 1. The topological polar surface area (TPSA) is 87.2 Å². The van der Waals surface area contributed by atoms with Gasteiger partial charge in [0.15, 0.2) is 5.78 Å². The summed E-state index contributed by atoms with van der Waals surface area (Å²) in [5, 5.41) is 0. The molecule has 0 radical (unpaired) electrons. The molecule has 1 atom stereocenters. The normalized spacial score (nSPS) is 24.4. The monoisotopic (exact) mass is 435 g/mol. The van der Waals surface area contributed by atoms with Crippen LogP contribution in [0.15, 0.2) is 29.2 Å². The Morgan fingerprint density at radius 2 is 1.70 bits per heavy atom. The lowest BCUT2D eigenvalue weighted by atomic mass is 9.95. The van der Waals surface area contributed by atoms with Gasteiger partial charge in [0.1, 0.15) is 0 Å². The number of fused-ring (bicyclic) bond motifs is 1. The van der Waals surface area contributed by atoms with Gasteiger partial charge in [0.25, 0.3) is 0 Å². The molecule has 0 aromatic heterocycles. The van der Waals surface area contributed by atoms with E-state index in [2.05, 4.69) is 4.90 Å². The van der Waals surface area contributed by atoms with Gasteiger partial charge in [-0.05, 0) is 31.9 Å².